The Hall–Kier alpha value is -3.57. The van der Waals surface area contributed by atoms with Gasteiger partial charge in [0.05, 0.1) is 25.4 Å². The van der Waals surface area contributed by atoms with Crippen LogP contribution in [0.4, 0.5) is 5.69 Å². The van der Waals surface area contributed by atoms with Crippen LogP contribution in [0.5, 0.6) is 11.5 Å². The quantitative estimate of drug-likeness (QED) is 0.338. The zero-order valence-electron chi connectivity index (χ0n) is 19.5. The average molecular weight is 442 g/mol. The van der Waals surface area contributed by atoms with Gasteiger partial charge in [0.2, 0.25) is 0 Å². The predicted octanol–water partition coefficient (Wildman–Crippen LogP) is 5.55. The predicted molar refractivity (Wildman–Crippen MR) is 136 cm³/mol. The molecule has 0 radical (unpaired) electrons. The topological polar surface area (TPSA) is 55.4 Å². The Morgan fingerprint density at radius 1 is 0.848 bits per heavy atom. The number of pyridine rings is 1. The van der Waals surface area contributed by atoms with Crippen molar-refractivity contribution in [2.24, 2.45) is 0 Å². The molecule has 1 unspecified atom stereocenters. The number of aromatic nitrogens is 1. The molecule has 5 nitrogen and oxygen atoms in total. The molecule has 4 rings (SSSR count). The van der Waals surface area contributed by atoms with Crippen molar-refractivity contribution in [3.05, 3.63) is 84.4 Å². The standard InChI is InChI=1S/C28H31N3O2/c1-29-22(18-20-8-12-23(32-2)13-9-20)16-17-30-28-19-27(21-10-14-24(33-3)15-11-21)31-26-7-5-4-6-25(26)28/h4-15,19,22,29H,16-18H2,1-3H3,(H,30,31). The van der Waals surface area contributed by atoms with Crippen molar-refractivity contribution in [3.8, 4) is 22.8 Å². The van der Waals surface area contributed by atoms with Crippen LogP contribution in [0.3, 0.4) is 0 Å². The van der Waals surface area contributed by atoms with Gasteiger partial charge in [-0.1, -0.05) is 30.3 Å². The largest absolute Gasteiger partial charge is 0.497 e. The molecule has 1 heterocycles. The molecule has 1 atom stereocenters. The molecule has 0 amide bonds. The molecular weight excluding hydrogens is 410 g/mol. The zero-order chi connectivity index (χ0) is 23.0. The number of likely N-dealkylation sites (N-methyl/N-ethyl adjacent to an activating group) is 1. The molecule has 0 aliphatic heterocycles. The molecular formula is C28H31N3O2. The molecule has 0 saturated carbocycles. The lowest BCUT2D eigenvalue weighted by atomic mass is 10.0. The van der Waals surface area contributed by atoms with E-state index in [2.05, 4.69) is 47.0 Å². The van der Waals surface area contributed by atoms with E-state index in [4.69, 9.17) is 14.5 Å². The Bertz CT molecular complexity index is 1170. The third kappa shape index (κ3) is 5.62. The van der Waals surface area contributed by atoms with Crippen molar-refractivity contribution in [2.45, 2.75) is 18.9 Å². The first-order valence-electron chi connectivity index (χ1n) is 11.3. The van der Waals surface area contributed by atoms with Gasteiger partial charge < -0.3 is 20.1 Å². The van der Waals surface area contributed by atoms with Gasteiger partial charge in [-0.05, 0) is 74.0 Å². The summed E-state index contributed by atoms with van der Waals surface area (Å²) in [6.45, 7) is 0.859. The van der Waals surface area contributed by atoms with Crippen LogP contribution in [0.15, 0.2) is 78.9 Å². The molecule has 0 saturated heterocycles. The number of methoxy groups -OCH3 is 2. The van der Waals surface area contributed by atoms with E-state index in [1.807, 2.05) is 49.5 Å². The van der Waals surface area contributed by atoms with Gasteiger partial charge in [-0.25, -0.2) is 4.98 Å². The van der Waals surface area contributed by atoms with Gasteiger partial charge in [-0.3, -0.25) is 0 Å². The van der Waals surface area contributed by atoms with Gasteiger partial charge >= 0.3 is 0 Å². The van der Waals surface area contributed by atoms with E-state index in [-0.39, 0.29) is 0 Å². The smallest absolute Gasteiger partial charge is 0.118 e. The SMILES string of the molecule is CNC(CCNc1cc(-c2ccc(OC)cc2)nc2ccccc12)Cc1ccc(OC)cc1. The fourth-order valence-electron chi connectivity index (χ4n) is 4.01. The maximum absolute atomic E-state index is 5.29. The molecule has 0 spiro atoms. The highest BCUT2D eigenvalue weighted by molar-refractivity contribution is 5.93. The molecule has 1 aromatic heterocycles. The van der Waals surface area contributed by atoms with Crippen LogP contribution >= 0.6 is 0 Å². The number of nitrogens with one attached hydrogen (secondary N) is 2. The summed E-state index contributed by atoms with van der Waals surface area (Å²) >= 11 is 0. The third-order valence-corrected chi connectivity index (χ3v) is 5.96. The second-order valence-corrected chi connectivity index (χ2v) is 8.05. The first-order chi connectivity index (χ1) is 16.2. The Morgan fingerprint density at radius 3 is 2.18 bits per heavy atom. The minimum absolute atomic E-state index is 0.375. The maximum Gasteiger partial charge on any atom is 0.118 e. The fourth-order valence-corrected chi connectivity index (χ4v) is 4.01. The van der Waals surface area contributed by atoms with E-state index >= 15 is 0 Å². The highest BCUT2D eigenvalue weighted by atomic mass is 16.5. The van der Waals surface area contributed by atoms with Crippen LogP contribution < -0.4 is 20.1 Å². The fraction of sp³-hybridized carbons (Fsp3) is 0.250. The second kappa shape index (κ2) is 10.8. The average Bonchev–Trinajstić information content (AvgIpc) is 2.88. The molecule has 0 aliphatic carbocycles. The highest BCUT2D eigenvalue weighted by Crippen LogP contribution is 2.29. The number of hydrogen-bond acceptors (Lipinski definition) is 5. The van der Waals surface area contributed by atoms with Crippen LogP contribution in [0.1, 0.15) is 12.0 Å². The number of ether oxygens (including phenoxy) is 2. The molecule has 0 bridgehead atoms. The Morgan fingerprint density at radius 2 is 1.52 bits per heavy atom. The minimum atomic E-state index is 0.375. The summed E-state index contributed by atoms with van der Waals surface area (Å²) in [4.78, 5) is 4.89. The van der Waals surface area contributed by atoms with Gasteiger partial charge in [-0.2, -0.15) is 0 Å². The molecule has 2 N–H and O–H groups in total. The van der Waals surface area contributed by atoms with Crippen molar-refractivity contribution in [3.63, 3.8) is 0 Å². The molecule has 33 heavy (non-hydrogen) atoms. The summed E-state index contributed by atoms with van der Waals surface area (Å²) in [6.07, 6.45) is 1.97. The van der Waals surface area contributed by atoms with Crippen molar-refractivity contribution >= 4 is 16.6 Å². The van der Waals surface area contributed by atoms with Crippen LogP contribution in [-0.2, 0) is 6.42 Å². The molecule has 3 aromatic carbocycles. The number of para-hydroxylation sites is 1. The Kier molecular flexibility index (Phi) is 7.43. The number of hydrogen-bond donors (Lipinski definition) is 2. The lowest BCUT2D eigenvalue weighted by Gasteiger charge is -2.18. The summed E-state index contributed by atoms with van der Waals surface area (Å²) in [5.74, 6) is 1.73. The van der Waals surface area contributed by atoms with Crippen LogP contribution in [0.25, 0.3) is 22.2 Å². The Labute approximate surface area is 195 Å². The van der Waals surface area contributed by atoms with E-state index in [9.17, 15) is 0 Å². The van der Waals surface area contributed by atoms with Gasteiger partial charge in [0.25, 0.3) is 0 Å². The normalized spacial score (nSPS) is 11.8. The van der Waals surface area contributed by atoms with Crippen molar-refractivity contribution < 1.29 is 9.47 Å². The summed E-state index contributed by atoms with van der Waals surface area (Å²) in [5, 5.41) is 8.25. The molecule has 0 fully saturated rings. The third-order valence-electron chi connectivity index (χ3n) is 5.96. The summed E-state index contributed by atoms with van der Waals surface area (Å²) in [5.41, 5.74) is 5.40. The molecule has 0 aliphatic rings. The summed E-state index contributed by atoms with van der Waals surface area (Å²) in [6, 6.07) is 27.1. The summed E-state index contributed by atoms with van der Waals surface area (Å²) in [7, 11) is 5.40. The van der Waals surface area contributed by atoms with E-state index in [1.165, 1.54) is 5.56 Å². The number of rotatable bonds is 10. The van der Waals surface area contributed by atoms with E-state index < -0.39 is 0 Å². The maximum atomic E-state index is 5.29. The van der Waals surface area contributed by atoms with E-state index in [1.54, 1.807) is 14.2 Å². The second-order valence-electron chi connectivity index (χ2n) is 8.05. The number of nitrogens with zero attached hydrogens (tertiary/aromatic N) is 1. The Balaban J connectivity index is 1.48. The lowest BCUT2D eigenvalue weighted by Crippen LogP contribution is -2.29. The van der Waals surface area contributed by atoms with Crippen molar-refractivity contribution in [2.75, 3.05) is 33.1 Å². The van der Waals surface area contributed by atoms with Crippen molar-refractivity contribution in [1.29, 1.82) is 0 Å². The zero-order valence-corrected chi connectivity index (χ0v) is 19.5. The summed E-state index contributed by atoms with van der Waals surface area (Å²) < 4.78 is 10.6. The van der Waals surface area contributed by atoms with Gasteiger partial charge in [0.15, 0.2) is 0 Å². The first-order valence-corrected chi connectivity index (χ1v) is 11.3. The first kappa shape index (κ1) is 22.6. The highest BCUT2D eigenvalue weighted by Gasteiger charge is 2.10. The lowest BCUT2D eigenvalue weighted by molar-refractivity contribution is 0.414. The van der Waals surface area contributed by atoms with Crippen LogP contribution in [0, 0.1) is 0 Å². The van der Waals surface area contributed by atoms with E-state index in [0.717, 1.165) is 58.7 Å². The van der Waals surface area contributed by atoms with Crippen LogP contribution in [0.2, 0.25) is 0 Å². The van der Waals surface area contributed by atoms with Gasteiger partial charge in [0, 0.05) is 29.2 Å². The van der Waals surface area contributed by atoms with E-state index in [0.29, 0.717) is 6.04 Å². The van der Waals surface area contributed by atoms with Gasteiger partial charge in [-0.15, -0.1) is 0 Å². The molecule has 5 heteroatoms. The number of fused-ring (bicyclic) bond motifs is 1. The minimum Gasteiger partial charge on any atom is -0.497 e. The van der Waals surface area contributed by atoms with Gasteiger partial charge in [0.1, 0.15) is 11.5 Å². The van der Waals surface area contributed by atoms with Crippen molar-refractivity contribution in [1.82, 2.24) is 10.3 Å². The molecule has 4 aromatic rings. The van der Waals surface area contributed by atoms with Crippen LogP contribution in [-0.4, -0.2) is 38.8 Å². The number of anilines is 1. The monoisotopic (exact) mass is 441 g/mol. The number of benzene rings is 3. The molecule has 170 valence electrons.